The molecule has 3 N–H and O–H groups in total. The highest BCUT2D eigenvalue weighted by Gasteiger charge is 2.12. The maximum Gasteiger partial charge on any atom is 0.220 e. The number of carbonyl (C=O) groups is 1. The normalized spacial score (nSPS) is 8.81. The first-order chi connectivity index (χ1) is 7.62. The lowest BCUT2D eigenvalue weighted by Crippen LogP contribution is -2.13. The molecule has 0 atom stereocenters. The van der Waals surface area contributed by atoms with Gasteiger partial charge in [0.25, 0.3) is 0 Å². The van der Waals surface area contributed by atoms with Crippen LogP contribution in [0, 0.1) is 0 Å². The topological polar surface area (TPSA) is 73.6 Å². The van der Waals surface area contributed by atoms with Crippen LogP contribution in [0.4, 0.5) is 0 Å². The quantitative estimate of drug-likeness (QED) is 0.418. The molecule has 1 aromatic rings. The summed E-state index contributed by atoms with van der Waals surface area (Å²) in [7, 11) is 4.66. The molecule has 0 bridgehead atoms. The van der Waals surface area contributed by atoms with Crippen LogP contribution in [0.25, 0.3) is 0 Å². The number of benzene rings is 1. The maximum atomic E-state index is 11.0. The second-order valence-corrected chi connectivity index (χ2v) is 3.04. The van der Waals surface area contributed by atoms with Crippen molar-refractivity contribution in [2.75, 3.05) is 21.3 Å². The van der Waals surface area contributed by atoms with E-state index in [4.69, 9.17) is 9.47 Å². The minimum absolute atomic E-state index is 0.337. The highest BCUT2D eigenvalue weighted by atomic mass is 32.1. The average Bonchev–Trinajstić information content (AvgIpc) is 2.28. The van der Waals surface area contributed by atoms with Crippen LogP contribution in [0.2, 0.25) is 0 Å². The summed E-state index contributed by atoms with van der Waals surface area (Å²) in [5, 5.41) is -0.337. The van der Waals surface area contributed by atoms with E-state index in [0.29, 0.717) is 17.1 Å². The molecule has 0 fully saturated rings. The molecule has 90 valence electrons. The minimum Gasteiger partial charge on any atom is -0.493 e. The van der Waals surface area contributed by atoms with Crippen LogP contribution in [-0.2, 0) is 0 Å². The van der Waals surface area contributed by atoms with Crippen molar-refractivity contribution in [3.8, 4) is 11.5 Å². The standard InChI is InChI=1S/C9H10O3S.CH6N2/c1-11-7-5-3-4-6(9(10)13)8(7)12-2;1-3-2/h3-5H,1-2H3,(H,10,13);3H,2H2,1H3. The van der Waals surface area contributed by atoms with Gasteiger partial charge in [0.2, 0.25) is 5.12 Å². The van der Waals surface area contributed by atoms with Crippen LogP contribution >= 0.6 is 12.6 Å². The summed E-state index contributed by atoms with van der Waals surface area (Å²) < 4.78 is 10.0. The van der Waals surface area contributed by atoms with Crippen LogP contribution in [0.15, 0.2) is 18.2 Å². The molecule has 0 amide bonds. The molecule has 0 aromatic heterocycles. The Morgan fingerprint density at radius 2 is 1.94 bits per heavy atom. The van der Waals surface area contributed by atoms with E-state index in [2.05, 4.69) is 23.9 Å². The highest BCUT2D eigenvalue weighted by molar-refractivity contribution is 7.97. The zero-order valence-corrected chi connectivity index (χ0v) is 10.4. The van der Waals surface area contributed by atoms with Gasteiger partial charge < -0.3 is 9.47 Å². The monoisotopic (exact) mass is 244 g/mol. The molecule has 5 nitrogen and oxygen atoms in total. The van der Waals surface area contributed by atoms with Crippen molar-refractivity contribution in [3.63, 3.8) is 0 Å². The Labute approximate surface area is 100 Å². The number of rotatable bonds is 3. The van der Waals surface area contributed by atoms with Gasteiger partial charge in [-0.05, 0) is 19.2 Å². The van der Waals surface area contributed by atoms with Crippen LogP contribution in [0.1, 0.15) is 10.4 Å². The van der Waals surface area contributed by atoms with Crippen LogP contribution < -0.4 is 20.7 Å². The summed E-state index contributed by atoms with van der Waals surface area (Å²) in [4.78, 5) is 11.0. The lowest BCUT2D eigenvalue weighted by atomic mass is 10.2. The van der Waals surface area contributed by atoms with Gasteiger partial charge in [-0.2, -0.15) is 0 Å². The van der Waals surface area contributed by atoms with Crippen molar-refractivity contribution in [2.24, 2.45) is 5.84 Å². The summed E-state index contributed by atoms with van der Waals surface area (Å²) >= 11 is 3.72. The zero-order valence-electron chi connectivity index (χ0n) is 9.48. The van der Waals surface area contributed by atoms with E-state index < -0.39 is 0 Å². The third-order valence-corrected chi connectivity index (χ3v) is 1.87. The fourth-order valence-corrected chi connectivity index (χ4v) is 1.23. The van der Waals surface area contributed by atoms with Gasteiger partial charge in [0.15, 0.2) is 11.5 Å². The number of ether oxygens (including phenoxy) is 2. The molecule has 1 rings (SSSR count). The molecule has 0 aliphatic heterocycles. The molecule has 1 aromatic carbocycles. The molecule has 0 saturated carbocycles. The molecule has 0 aliphatic rings. The molecule has 16 heavy (non-hydrogen) atoms. The number of hydrogen-bond acceptors (Lipinski definition) is 5. The summed E-state index contributed by atoms with van der Waals surface area (Å²) in [5.41, 5.74) is 2.66. The molecule has 0 radical (unpaired) electrons. The Morgan fingerprint density at radius 1 is 1.38 bits per heavy atom. The summed E-state index contributed by atoms with van der Waals surface area (Å²) in [6, 6.07) is 5.07. The zero-order chi connectivity index (χ0) is 12.6. The van der Waals surface area contributed by atoms with E-state index in [1.54, 1.807) is 25.2 Å². The van der Waals surface area contributed by atoms with Gasteiger partial charge in [-0.15, -0.1) is 12.6 Å². The third kappa shape index (κ3) is 4.09. The van der Waals surface area contributed by atoms with E-state index in [-0.39, 0.29) is 5.12 Å². The second-order valence-electron chi connectivity index (χ2n) is 2.63. The first-order valence-electron chi connectivity index (χ1n) is 4.44. The van der Waals surface area contributed by atoms with Crippen LogP contribution in [-0.4, -0.2) is 26.4 Å². The van der Waals surface area contributed by atoms with Crippen molar-refractivity contribution in [2.45, 2.75) is 0 Å². The van der Waals surface area contributed by atoms with Gasteiger partial charge in [0, 0.05) is 0 Å². The minimum atomic E-state index is -0.337. The fraction of sp³-hybridized carbons (Fsp3) is 0.300. The lowest BCUT2D eigenvalue weighted by molar-refractivity contribution is 0.108. The summed E-state index contributed by atoms with van der Waals surface area (Å²) in [6.45, 7) is 0. The van der Waals surface area contributed by atoms with Crippen molar-refractivity contribution in [3.05, 3.63) is 23.8 Å². The molecule has 0 heterocycles. The van der Waals surface area contributed by atoms with Gasteiger partial charge >= 0.3 is 0 Å². The van der Waals surface area contributed by atoms with Gasteiger partial charge in [-0.3, -0.25) is 16.1 Å². The van der Waals surface area contributed by atoms with Gasteiger partial charge in [-0.1, -0.05) is 6.07 Å². The largest absolute Gasteiger partial charge is 0.493 e. The Balaban J connectivity index is 0.000000673. The smallest absolute Gasteiger partial charge is 0.220 e. The van der Waals surface area contributed by atoms with Crippen molar-refractivity contribution in [1.82, 2.24) is 5.43 Å². The van der Waals surface area contributed by atoms with Gasteiger partial charge in [0.05, 0.1) is 19.8 Å². The molecule has 0 aliphatic carbocycles. The molecule has 0 unspecified atom stereocenters. The first-order valence-corrected chi connectivity index (χ1v) is 4.88. The number of hydrogen-bond donors (Lipinski definition) is 3. The third-order valence-electron chi connectivity index (χ3n) is 1.63. The van der Waals surface area contributed by atoms with Crippen LogP contribution in [0.3, 0.4) is 0 Å². The van der Waals surface area contributed by atoms with E-state index in [1.165, 1.54) is 14.2 Å². The maximum absolute atomic E-state index is 11.0. The molecule has 6 heteroatoms. The van der Waals surface area contributed by atoms with E-state index in [0.717, 1.165) is 0 Å². The summed E-state index contributed by atoms with van der Waals surface area (Å²) in [5.74, 6) is 5.55. The predicted octanol–water partition coefficient (Wildman–Crippen LogP) is 0.853. The van der Waals surface area contributed by atoms with E-state index in [1.807, 2.05) is 0 Å². The molecule has 0 saturated heterocycles. The Bertz CT molecular complexity index is 345. The Kier molecular flexibility index (Phi) is 7.36. The first kappa shape index (κ1) is 14.8. The highest BCUT2D eigenvalue weighted by Crippen LogP contribution is 2.31. The van der Waals surface area contributed by atoms with Crippen LogP contribution in [0.5, 0.6) is 11.5 Å². The van der Waals surface area contributed by atoms with Gasteiger partial charge in [0.1, 0.15) is 0 Å². The fourth-order valence-electron chi connectivity index (χ4n) is 1.06. The molecular weight excluding hydrogens is 228 g/mol. The lowest BCUT2D eigenvalue weighted by Gasteiger charge is -2.09. The number of thiol groups is 1. The second kappa shape index (κ2) is 7.98. The number of hydrazine groups is 1. The summed E-state index contributed by atoms with van der Waals surface area (Å²) in [6.07, 6.45) is 0. The predicted molar refractivity (Wildman–Crippen MR) is 66.1 cm³/mol. The SMILES string of the molecule is CNN.COc1cccc(C(=O)S)c1OC. The number of para-hydroxylation sites is 1. The van der Waals surface area contributed by atoms with Crippen molar-refractivity contribution >= 4 is 17.7 Å². The number of methoxy groups -OCH3 is 2. The van der Waals surface area contributed by atoms with Crippen molar-refractivity contribution < 1.29 is 14.3 Å². The van der Waals surface area contributed by atoms with Crippen molar-refractivity contribution in [1.29, 1.82) is 0 Å². The number of nitrogens with two attached hydrogens (primary N) is 1. The number of carbonyl (C=O) groups excluding carboxylic acids is 1. The number of nitrogens with one attached hydrogen (secondary N) is 1. The average molecular weight is 244 g/mol. The molecular formula is C10H16N2O3S. The molecule has 0 spiro atoms. The van der Waals surface area contributed by atoms with E-state index in [9.17, 15) is 4.79 Å². The van der Waals surface area contributed by atoms with E-state index >= 15 is 0 Å². The van der Waals surface area contributed by atoms with Gasteiger partial charge in [-0.25, -0.2) is 0 Å². The Morgan fingerprint density at radius 3 is 2.31 bits per heavy atom. The Hall–Kier alpha value is -1.24.